The summed E-state index contributed by atoms with van der Waals surface area (Å²) in [6.07, 6.45) is -1.21. The number of amides is 2. The summed E-state index contributed by atoms with van der Waals surface area (Å²) in [6.45, 7) is 0.345. The van der Waals surface area contributed by atoms with Crippen LogP contribution in [0.3, 0.4) is 0 Å². The molecule has 1 unspecified atom stereocenters. The Kier molecular flexibility index (Phi) is 6.56. The highest BCUT2D eigenvalue weighted by atomic mass is 79.9. The predicted octanol–water partition coefficient (Wildman–Crippen LogP) is 2.31. The van der Waals surface area contributed by atoms with E-state index in [0.717, 1.165) is 21.2 Å². The van der Waals surface area contributed by atoms with E-state index in [0.29, 0.717) is 5.69 Å². The number of carbonyl (C=O) groups is 2. The molecule has 1 atom stereocenters. The van der Waals surface area contributed by atoms with Crippen LogP contribution in [0, 0.1) is 0 Å². The standard InChI is InChI=1S/C19H20BrN3O5S/c1-29(26,27)21-17-18(24)22(16-9-7-15(20)8-10-16)11-12-23(17)19(25)28-13-14-5-3-2-4-6-14/h2-10,17,21H,11-13H2,1H3. The maximum absolute atomic E-state index is 13.0. The molecule has 1 heterocycles. The van der Waals surface area contributed by atoms with E-state index in [4.69, 9.17) is 4.74 Å². The molecule has 29 heavy (non-hydrogen) atoms. The number of piperazine rings is 1. The molecule has 154 valence electrons. The average molecular weight is 482 g/mol. The van der Waals surface area contributed by atoms with Crippen LogP contribution in [0.2, 0.25) is 0 Å². The van der Waals surface area contributed by atoms with Gasteiger partial charge in [-0.2, -0.15) is 4.72 Å². The fourth-order valence-electron chi connectivity index (χ4n) is 2.92. The first-order chi connectivity index (χ1) is 13.7. The maximum Gasteiger partial charge on any atom is 0.411 e. The second-order valence-corrected chi connectivity index (χ2v) is 9.19. The monoisotopic (exact) mass is 481 g/mol. The van der Waals surface area contributed by atoms with Crippen LogP contribution >= 0.6 is 15.9 Å². The van der Waals surface area contributed by atoms with Gasteiger partial charge in [0.2, 0.25) is 10.0 Å². The minimum atomic E-state index is -3.76. The van der Waals surface area contributed by atoms with E-state index in [1.165, 1.54) is 4.90 Å². The molecule has 3 rings (SSSR count). The first kappa shape index (κ1) is 21.3. The third-order valence-corrected chi connectivity index (χ3v) is 5.46. The molecule has 1 saturated heterocycles. The van der Waals surface area contributed by atoms with Gasteiger partial charge in [0.25, 0.3) is 5.91 Å². The summed E-state index contributed by atoms with van der Waals surface area (Å²) in [5, 5.41) is 0. The molecule has 2 amide bonds. The molecular weight excluding hydrogens is 462 g/mol. The largest absolute Gasteiger partial charge is 0.444 e. The van der Waals surface area contributed by atoms with Crippen molar-refractivity contribution in [3.63, 3.8) is 0 Å². The third-order valence-electron chi connectivity index (χ3n) is 4.28. The summed E-state index contributed by atoms with van der Waals surface area (Å²) in [6, 6.07) is 16.1. The highest BCUT2D eigenvalue weighted by Gasteiger charge is 2.40. The van der Waals surface area contributed by atoms with Gasteiger partial charge in [-0.1, -0.05) is 46.3 Å². The highest BCUT2D eigenvalue weighted by molar-refractivity contribution is 9.10. The normalized spacial score (nSPS) is 17.3. The second-order valence-electron chi connectivity index (χ2n) is 6.49. The topological polar surface area (TPSA) is 96.0 Å². The van der Waals surface area contributed by atoms with Gasteiger partial charge in [-0.05, 0) is 29.8 Å². The van der Waals surface area contributed by atoms with E-state index in [1.54, 1.807) is 36.4 Å². The quantitative estimate of drug-likeness (QED) is 0.706. The molecule has 1 aliphatic rings. The minimum absolute atomic E-state index is 0.0202. The van der Waals surface area contributed by atoms with Gasteiger partial charge >= 0.3 is 6.09 Å². The van der Waals surface area contributed by atoms with Crippen LogP contribution in [0.4, 0.5) is 10.5 Å². The van der Waals surface area contributed by atoms with Crippen LogP contribution in [0.5, 0.6) is 0 Å². The van der Waals surface area contributed by atoms with Gasteiger partial charge in [0.15, 0.2) is 6.17 Å². The summed E-state index contributed by atoms with van der Waals surface area (Å²) in [4.78, 5) is 28.1. The Bertz CT molecular complexity index is 983. The maximum atomic E-state index is 13.0. The molecule has 0 saturated carbocycles. The summed E-state index contributed by atoms with van der Waals surface area (Å²) < 4.78 is 32.0. The summed E-state index contributed by atoms with van der Waals surface area (Å²) >= 11 is 3.34. The van der Waals surface area contributed by atoms with Crippen molar-refractivity contribution in [2.45, 2.75) is 12.8 Å². The van der Waals surface area contributed by atoms with E-state index in [1.807, 2.05) is 18.2 Å². The molecule has 2 aromatic rings. The zero-order chi connectivity index (χ0) is 21.0. The molecule has 0 radical (unpaired) electrons. The predicted molar refractivity (Wildman–Crippen MR) is 112 cm³/mol. The van der Waals surface area contributed by atoms with Crippen LogP contribution in [-0.4, -0.2) is 50.8 Å². The summed E-state index contributed by atoms with van der Waals surface area (Å²) in [5.74, 6) is -0.555. The molecule has 1 aliphatic heterocycles. The third kappa shape index (κ3) is 5.55. The van der Waals surface area contributed by atoms with Crippen LogP contribution in [0.1, 0.15) is 5.56 Å². The number of benzene rings is 2. The first-order valence-electron chi connectivity index (χ1n) is 8.76. The van der Waals surface area contributed by atoms with Crippen molar-refractivity contribution in [3.8, 4) is 0 Å². The number of sulfonamides is 1. The van der Waals surface area contributed by atoms with E-state index in [-0.39, 0.29) is 19.7 Å². The molecule has 1 fully saturated rings. The fourth-order valence-corrected chi connectivity index (χ4v) is 3.82. The van der Waals surface area contributed by atoms with E-state index >= 15 is 0 Å². The SMILES string of the molecule is CS(=O)(=O)NC1C(=O)N(c2ccc(Br)cc2)CCN1C(=O)OCc1ccccc1. The Hall–Kier alpha value is -2.43. The number of ether oxygens (including phenoxy) is 1. The molecule has 2 aromatic carbocycles. The van der Waals surface area contributed by atoms with Crippen LogP contribution in [-0.2, 0) is 26.2 Å². The number of nitrogens with one attached hydrogen (secondary N) is 1. The van der Waals surface area contributed by atoms with Gasteiger partial charge in [0.05, 0.1) is 6.26 Å². The van der Waals surface area contributed by atoms with Gasteiger partial charge in [-0.3, -0.25) is 9.69 Å². The lowest BCUT2D eigenvalue weighted by Crippen LogP contribution is -2.65. The number of carbonyl (C=O) groups excluding carboxylic acids is 2. The Morgan fingerprint density at radius 2 is 1.79 bits per heavy atom. The lowest BCUT2D eigenvalue weighted by Gasteiger charge is -2.39. The van der Waals surface area contributed by atoms with Gasteiger partial charge in [-0.25, -0.2) is 13.2 Å². The molecule has 0 bridgehead atoms. The average Bonchev–Trinajstić information content (AvgIpc) is 2.68. The number of halogens is 1. The van der Waals surface area contributed by atoms with Gasteiger partial charge < -0.3 is 9.64 Å². The number of hydrogen-bond donors (Lipinski definition) is 1. The Morgan fingerprint density at radius 3 is 2.41 bits per heavy atom. The van der Waals surface area contributed by atoms with Crippen molar-refractivity contribution in [2.75, 3.05) is 24.2 Å². The van der Waals surface area contributed by atoms with Crippen LogP contribution in [0.25, 0.3) is 0 Å². The van der Waals surface area contributed by atoms with Gasteiger partial charge in [-0.15, -0.1) is 0 Å². The molecule has 10 heteroatoms. The fraction of sp³-hybridized carbons (Fsp3) is 0.263. The molecule has 0 spiro atoms. The van der Waals surface area contributed by atoms with Crippen molar-refractivity contribution >= 4 is 43.6 Å². The number of rotatable bonds is 5. The van der Waals surface area contributed by atoms with Crippen molar-refractivity contribution in [3.05, 3.63) is 64.6 Å². The van der Waals surface area contributed by atoms with Gasteiger partial charge in [0.1, 0.15) is 6.61 Å². The highest BCUT2D eigenvalue weighted by Crippen LogP contribution is 2.23. The number of anilines is 1. The van der Waals surface area contributed by atoms with E-state index < -0.39 is 28.2 Å². The zero-order valence-electron chi connectivity index (χ0n) is 15.6. The van der Waals surface area contributed by atoms with Crippen molar-refractivity contribution < 1.29 is 22.7 Å². The van der Waals surface area contributed by atoms with Crippen molar-refractivity contribution in [1.82, 2.24) is 9.62 Å². The summed E-state index contributed by atoms with van der Waals surface area (Å²) in [7, 11) is -3.76. The van der Waals surface area contributed by atoms with Crippen molar-refractivity contribution in [2.24, 2.45) is 0 Å². The Balaban J connectivity index is 1.78. The first-order valence-corrected chi connectivity index (χ1v) is 11.4. The molecular formula is C19H20BrN3O5S. The van der Waals surface area contributed by atoms with Gasteiger partial charge in [0, 0.05) is 23.2 Å². The molecule has 0 aromatic heterocycles. The molecule has 1 N–H and O–H groups in total. The number of hydrogen-bond acceptors (Lipinski definition) is 5. The lowest BCUT2D eigenvalue weighted by molar-refractivity contribution is -0.125. The zero-order valence-corrected chi connectivity index (χ0v) is 18.0. The lowest BCUT2D eigenvalue weighted by atomic mass is 10.2. The second kappa shape index (κ2) is 8.93. The van der Waals surface area contributed by atoms with E-state index in [9.17, 15) is 18.0 Å². The Morgan fingerprint density at radius 1 is 1.14 bits per heavy atom. The van der Waals surface area contributed by atoms with Crippen LogP contribution in [0.15, 0.2) is 59.1 Å². The molecule has 0 aliphatic carbocycles. The minimum Gasteiger partial charge on any atom is -0.444 e. The smallest absolute Gasteiger partial charge is 0.411 e. The number of nitrogens with zero attached hydrogens (tertiary/aromatic N) is 2. The van der Waals surface area contributed by atoms with Crippen LogP contribution < -0.4 is 9.62 Å². The molecule has 8 nitrogen and oxygen atoms in total. The summed E-state index contributed by atoms with van der Waals surface area (Å²) in [5.41, 5.74) is 1.39. The Labute approximate surface area is 177 Å². The van der Waals surface area contributed by atoms with Crippen molar-refractivity contribution in [1.29, 1.82) is 0 Å². The van der Waals surface area contributed by atoms with E-state index in [2.05, 4.69) is 20.7 Å².